The van der Waals surface area contributed by atoms with Crippen molar-refractivity contribution in [2.24, 2.45) is 11.3 Å². The van der Waals surface area contributed by atoms with E-state index < -0.39 is 23.7 Å². The molecule has 0 aromatic rings. The van der Waals surface area contributed by atoms with Crippen molar-refractivity contribution >= 4 is 18.3 Å². The minimum Gasteiger partial charge on any atom is -0.379 e. The first-order valence-electron chi connectivity index (χ1n) is 8.08. The fourth-order valence-electron chi connectivity index (χ4n) is 4.42. The van der Waals surface area contributed by atoms with Crippen LogP contribution in [0.25, 0.3) is 0 Å². The number of carbonyl (C=O) groups is 1. The van der Waals surface area contributed by atoms with E-state index in [1.54, 1.807) is 0 Å². The summed E-state index contributed by atoms with van der Waals surface area (Å²) in [4.78, 5) is 14.2. The standard InChI is InChI=1S/C15H23F3N2O2.ClH/c16-15(17,18)14(22)6-3-7-20(10-14)12(21)13-5-2-1-4-11(13)8-19-9-13;/h11,19,22H,1-10H2;1H/t11-,13+,14?;/m0./s1. The van der Waals surface area contributed by atoms with Gasteiger partial charge in [-0.25, -0.2) is 0 Å². The molecule has 1 unspecified atom stereocenters. The minimum atomic E-state index is -4.69. The summed E-state index contributed by atoms with van der Waals surface area (Å²) in [5, 5.41) is 13.2. The Labute approximate surface area is 140 Å². The monoisotopic (exact) mass is 356 g/mol. The summed E-state index contributed by atoms with van der Waals surface area (Å²) in [6.45, 7) is 1.01. The number of likely N-dealkylation sites (tertiary alicyclic amines) is 1. The molecule has 3 atom stereocenters. The number of fused-ring (bicyclic) bond motifs is 1. The normalized spacial score (nSPS) is 37.9. The maximum Gasteiger partial charge on any atom is 0.418 e. The van der Waals surface area contributed by atoms with Gasteiger partial charge in [0, 0.05) is 13.1 Å². The van der Waals surface area contributed by atoms with E-state index in [2.05, 4.69) is 5.32 Å². The van der Waals surface area contributed by atoms with Gasteiger partial charge in [0.05, 0.1) is 12.0 Å². The number of alkyl halides is 3. The third kappa shape index (κ3) is 3.07. The molecule has 0 spiro atoms. The Hall–Kier alpha value is -0.530. The second kappa shape index (κ2) is 6.41. The van der Waals surface area contributed by atoms with Crippen LogP contribution in [0.3, 0.4) is 0 Å². The van der Waals surface area contributed by atoms with Crippen LogP contribution < -0.4 is 5.32 Å². The number of rotatable bonds is 1. The topological polar surface area (TPSA) is 52.6 Å². The van der Waals surface area contributed by atoms with Crippen LogP contribution >= 0.6 is 12.4 Å². The van der Waals surface area contributed by atoms with Crippen LogP contribution in [0, 0.1) is 11.3 Å². The highest BCUT2D eigenvalue weighted by molar-refractivity contribution is 5.85. The Balaban J connectivity index is 0.00000192. The van der Waals surface area contributed by atoms with Crippen molar-refractivity contribution in [2.75, 3.05) is 26.2 Å². The molecule has 0 radical (unpaired) electrons. The molecular weight excluding hydrogens is 333 g/mol. The van der Waals surface area contributed by atoms with E-state index in [0.29, 0.717) is 13.1 Å². The van der Waals surface area contributed by atoms with Gasteiger partial charge in [0.15, 0.2) is 5.60 Å². The number of nitrogens with one attached hydrogen (secondary N) is 1. The van der Waals surface area contributed by atoms with Gasteiger partial charge in [-0.3, -0.25) is 4.79 Å². The van der Waals surface area contributed by atoms with E-state index in [-0.39, 0.29) is 37.1 Å². The van der Waals surface area contributed by atoms with Crippen LogP contribution in [0.4, 0.5) is 13.2 Å². The number of aliphatic hydroxyl groups is 1. The third-order valence-electron chi connectivity index (χ3n) is 5.75. The summed E-state index contributed by atoms with van der Waals surface area (Å²) < 4.78 is 39.2. The summed E-state index contributed by atoms with van der Waals surface area (Å²) in [7, 11) is 0. The second-order valence-electron chi connectivity index (χ2n) is 7.09. The molecule has 1 saturated carbocycles. The highest BCUT2D eigenvalue weighted by Crippen LogP contribution is 2.46. The predicted molar refractivity (Wildman–Crippen MR) is 81.3 cm³/mol. The highest BCUT2D eigenvalue weighted by Gasteiger charge is 2.58. The first-order chi connectivity index (χ1) is 10.3. The quantitative estimate of drug-likeness (QED) is 0.756. The number of hydrogen-bond donors (Lipinski definition) is 2. The number of piperidine rings is 1. The smallest absolute Gasteiger partial charge is 0.379 e. The Morgan fingerprint density at radius 2 is 1.96 bits per heavy atom. The first kappa shape index (κ1) is 18.8. The maximum atomic E-state index is 13.1. The number of β-amino-alcohol motifs (C(OH)–C–C–N with tert-alkyl or cyclic N) is 1. The first-order valence-corrected chi connectivity index (χ1v) is 8.08. The summed E-state index contributed by atoms with van der Waals surface area (Å²) in [5.74, 6) is 0.0271. The molecule has 1 aliphatic carbocycles. The van der Waals surface area contributed by atoms with Crippen molar-refractivity contribution in [1.29, 1.82) is 0 Å². The minimum absolute atomic E-state index is 0. The molecule has 2 saturated heterocycles. The van der Waals surface area contributed by atoms with Crippen LogP contribution in [0.2, 0.25) is 0 Å². The number of nitrogens with zero attached hydrogens (tertiary/aromatic N) is 1. The Morgan fingerprint density at radius 3 is 2.65 bits per heavy atom. The van der Waals surface area contributed by atoms with Gasteiger partial charge in [0.2, 0.25) is 5.91 Å². The van der Waals surface area contributed by atoms with Gasteiger partial charge in [-0.2, -0.15) is 13.2 Å². The molecule has 3 aliphatic rings. The molecule has 1 amide bonds. The summed E-state index contributed by atoms with van der Waals surface area (Å²) >= 11 is 0. The zero-order valence-corrected chi connectivity index (χ0v) is 13.8. The SMILES string of the molecule is Cl.O=C(N1CCCC(O)(C(F)(F)F)C1)[C@@]12CCCC[C@H]1CNC2. The van der Waals surface area contributed by atoms with E-state index in [1.165, 1.54) is 4.90 Å². The van der Waals surface area contributed by atoms with E-state index in [4.69, 9.17) is 0 Å². The van der Waals surface area contributed by atoms with Gasteiger partial charge in [-0.05, 0) is 38.1 Å². The lowest BCUT2D eigenvalue weighted by Crippen LogP contribution is -2.61. The Bertz CT molecular complexity index is 462. The van der Waals surface area contributed by atoms with Crippen LogP contribution in [0.5, 0.6) is 0 Å². The van der Waals surface area contributed by atoms with Crippen molar-refractivity contribution in [3.8, 4) is 0 Å². The van der Waals surface area contributed by atoms with Crippen LogP contribution in [0.15, 0.2) is 0 Å². The summed E-state index contributed by atoms with van der Waals surface area (Å²) in [5.41, 5.74) is -3.31. The Morgan fingerprint density at radius 1 is 1.22 bits per heavy atom. The molecule has 0 aromatic carbocycles. The molecule has 23 heavy (non-hydrogen) atoms. The average molecular weight is 357 g/mol. The summed E-state index contributed by atoms with van der Waals surface area (Å²) in [6, 6.07) is 0. The maximum absolute atomic E-state index is 13.1. The summed E-state index contributed by atoms with van der Waals surface area (Å²) in [6.07, 6.45) is -1.11. The number of amides is 1. The molecule has 2 aliphatic heterocycles. The van der Waals surface area contributed by atoms with Crippen molar-refractivity contribution in [2.45, 2.75) is 50.3 Å². The molecular formula is C15H24ClF3N2O2. The van der Waals surface area contributed by atoms with Gasteiger partial charge in [0.1, 0.15) is 0 Å². The van der Waals surface area contributed by atoms with E-state index >= 15 is 0 Å². The third-order valence-corrected chi connectivity index (χ3v) is 5.75. The molecule has 0 bridgehead atoms. The second-order valence-corrected chi connectivity index (χ2v) is 7.09. The molecule has 2 N–H and O–H groups in total. The lowest BCUT2D eigenvalue weighted by molar-refractivity contribution is -0.273. The van der Waals surface area contributed by atoms with Gasteiger partial charge >= 0.3 is 6.18 Å². The van der Waals surface area contributed by atoms with E-state index in [9.17, 15) is 23.1 Å². The van der Waals surface area contributed by atoms with E-state index in [0.717, 1.165) is 32.2 Å². The van der Waals surface area contributed by atoms with Crippen molar-refractivity contribution in [3.63, 3.8) is 0 Å². The molecule has 8 heteroatoms. The molecule has 2 heterocycles. The largest absolute Gasteiger partial charge is 0.418 e. The molecule has 4 nitrogen and oxygen atoms in total. The van der Waals surface area contributed by atoms with Crippen LogP contribution in [-0.4, -0.2) is 53.9 Å². The Kier molecular flexibility index (Phi) is 5.24. The van der Waals surface area contributed by atoms with Gasteiger partial charge in [-0.1, -0.05) is 12.8 Å². The fraction of sp³-hybridized carbons (Fsp3) is 0.933. The highest BCUT2D eigenvalue weighted by atomic mass is 35.5. The number of carbonyl (C=O) groups excluding carboxylic acids is 1. The van der Waals surface area contributed by atoms with E-state index in [1.807, 2.05) is 0 Å². The van der Waals surface area contributed by atoms with Gasteiger partial charge in [0.25, 0.3) is 0 Å². The van der Waals surface area contributed by atoms with Crippen LogP contribution in [-0.2, 0) is 4.79 Å². The number of hydrogen-bond acceptors (Lipinski definition) is 3. The zero-order chi connectivity index (χ0) is 16.0. The predicted octanol–water partition coefficient (Wildman–Crippen LogP) is 2.10. The zero-order valence-electron chi connectivity index (χ0n) is 13.0. The molecule has 134 valence electrons. The van der Waals surface area contributed by atoms with Gasteiger partial charge in [-0.15, -0.1) is 12.4 Å². The lowest BCUT2D eigenvalue weighted by Gasteiger charge is -2.45. The molecule has 3 fully saturated rings. The van der Waals surface area contributed by atoms with Crippen molar-refractivity contribution in [1.82, 2.24) is 10.2 Å². The van der Waals surface area contributed by atoms with Gasteiger partial charge < -0.3 is 15.3 Å². The molecule has 0 aromatic heterocycles. The average Bonchev–Trinajstić information content (AvgIpc) is 2.90. The lowest BCUT2D eigenvalue weighted by atomic mass is 9.67. The number of halogens is 4. The van der Waals surface area contributed by atoms with Crippen molar-refractivity contribution < 1.29 is 23.1 Å². The van der Waals surface area contributed by atoms with Crippen molar-refractivity contribution in [3.05, 3.63) is 0 Å². The van der Waals surface area contributed by atoms with Crippen LogP contribution in [0.1, 0.15) is 38.5 Å². The fourth-order valence-corrected chi connectivity index (χ4v) is 4.42. The molecule has 3 rings (SSSR count).